The van der Waals surface area contributed by atoms with Crippen molar-refractivity contribution in [3.8, 4) is 11.8 Å². The molecule has 0 heterocycles. The number of nitriles is 1. The first kappa shape index (κ1) is 14.3. The van der Waals surface area contributed by atoms with Crippen molar-refractivity contribution in [3.63, 3.8) is 0 Å². The van der Waals surface area contributed by atoms with E-state index in [1.807, 2.05) is 6.07 Å². The number of carbonyl (C=O) groups is 1. The Balaban J connectivity index is 2.92. The minimum atomic E-state index is -0.936. The zero-order valence-corrected chi connectivity index (χ0v) is 10.6. The zero-order valence-electron chi connectivity index (χ0n) is 9.80. The van der Waals surface area contributed by atoms with Gasteiger partial charge in [-0.25, -0.2) is 0 Å². The smallest absolute Gasteiger partial charge is 0.304 e. The van der Waals surface area contributed by atoms with Crippen molar-refractivity contribution in [2.75, 3.05) is 13.6 Å². The van der Waals surface area contributed by atoms with Crippen LogP contribution in [0.15, 0.2) is 18.2 Å². The molecule has 0 aliphatic heterocycles. The maximum absolute atomic E-state index is 10.5. The van der Waals surface area contributed by atoms with Crippen molar-refractivity contribution in [1.29, 1.82) is 5.26 Å². The molecule has 0 radical (unpaired) electrons. The maximum atomic E-state index is 10.5. The summed E-state index contributed by atoms with van der Waals surface area (Å²) >= 11 is 5.82. The third-order valence-electron chi connectivity index (χ3n) is 2.53. The number of aliphatic carboxylic acids is 1. The summed E-state index contributed by atoms with van der Waals surface area (Å²) in [5, 5.41) is 27.9. The van der Waals surface area contributed by atoms with E-state index in [9.17, 15) is 9.90 Å². The summed E-state index contributed by atoms with van der Waals surface area (Å²) in [6.07, 6.45) is -0.0734. The van der Waals surface area contributed by atoms with E-state index in [0.29, 0.717) is 10.6 Å². The lowest BCUT2D eigenvalue weighted by molar-refractivity contribution is -0.137. The molecule has 0 aliphatic carbocycles. The first-order chi connectivity index (χ1) is 8.45. The molecule has 0 saturated heterocycles. The molecule has 0 bridgehead atoms. The average molecular weight is 269 g/mol. The molecule has 1 aromatic rings. The molecule has 0 aromatic heterocycles. The number of phenols is 1. The van der Waals surface area contributed by atoms with E-state index in [1.54, 1.807) is 11.9 Å². The van der Waals surface area contributed by atoms with Crippen LogP contribution < -0.4 is 0 Å². The molecule has 96 valence electrons. The van der Waals surface area contributed by atoms with Crippen LogP contribution in [0.2, 0.25) is 5.02 Å². The van der Waals surface area contributed by atoms with Crippen LogP contribution in [0.5, 0.6) is 5.75 Å². The lowest BCUT2D eigenvalue weighted by Gasteiger charge is -2.22. The Kier molecular flexibility index (Phi) is 4.95. The first-order valence-corrected chi connectivity index (χ1v) is 5.63. The third kappa shape index (κ3) is 3.62. The number of aromatic hydroxyl groups is 1. The highest BCUT2D eigenvalue weighted by molar-refractivity contribution is 6.30. The molecule has 0 fully saturated rings. The lowest BCUT2D eigenvalue weighted by Crippen LogP contribution is -2.26. The molecule has 1 unspecified atom stereocenters. The second-order valence-electron chi connectivity index (χ2n) is 3.86. The van der Waals surface area contributed by atoms with Gasteiger partial charge in [-0.3, -0.25) is 9.69 Å². The van der Waals surface area contributed by atoms with Crippen LogP contribution in [0.3, 0.4) is 0 Å². The molecular formula is C12H13ClN2O3. The molecule has 1 atom stereocenters. The van der Waals surface area contributed by atoms with Crippen LogP contribution in [0.1, 0.15) is 18.0 Å². The van der Waals surface area contributed by atoms with Crippen LogP contribution >= 0.6 is 11.6 Å². The lowest BCUT2D eigenvalue weighted by atomic mass is 10.1. The standard InChI is InChI=1S/C12H13ClN2O3/c1-15(5-4-12(17)18)10(7-14)9-6-8(13)2-3-11(9)16/h2-3,6,10,16H,4-5H2,1H3,(H,17,18). The Hall–Kier alpha value is -1.77. The van der Waals surface area contributed by atoms with Gasteiger partial charge < -0.3 is 10.2 Å². The molecule has 1 rings (SSSR count). The van der Waals surface area contributed by atoms with Crippen LogP contribution in [0.4, 0.5) is 0 Å². The van der Waals surface area contributed by atoms with Crippen molar-refractivity contribution >= 4 is 17.6 Å². The van der Waals surface area contributed by atoms with Gasteiger partial charge in [-0.15, -0.1) is 0 Å². The number of halogens is 1. The summed E-state index contributed by atoms with van der Waals surface area (Å²) in [5.41, 5.74) is 0.373. The Morgan fingerprint density at radius 3 is 2.83 bits per heavy atom. The SMILES string of the molecule is CN(CCC(=O)O)C(C#N)c1cc(Cl)ccc1O. The molecule has 0 aliphatic rings. The largest absolute Gasteiger partial charge is 0.508 e. The fourth-order valence-corrected chi connectivity index (χ4v) is 1.73. The molecule has 1 aromatic carbocycles. The molecular weight excluding hydrogens is 256 g/mol. The molecule has 0 spiro atoms. The average Bonchev–Trinajstić information content (AvgIpc) is 2.32. The fraction of sp³-hybridized carbons (Fsp3) is 0.333. The van der Waals surface area contributed by atoms with Gasteiger partial charge in [0.15, 0.2) is 0 Å². The Bertz CT molecular complexity index is 485. The first-order valence-electron chi connectivity index (χ1n) is 5.25. The Morgan fingerprint density at radius 2 is 2.28 bits per heavy atom. The van der Waals surface area contributed by atoms with Gasteiger partial charge in [-0.1, -0.05) is 11.6 Å². The number of benzene rings is 1. The van der Waals surface area contributed by atoms with Crippen LogP contribution in [-0.2, 0) is 4.79 Å². The van der Waals surface area contributed by atoms with Gasteiger partial charge in [0, 0.05) is 17.1 Å². The minimum Gasteiger partial charge on any atom is -0.508 e. The van der Waals surface area contributed by atoms with Gasteiger partial charge in [0.2, 0.25) is 0 Å². The van der Waals surface area contributed by atoms with Gasteiger partial charge in [-0.05, 0) is 25.2 Å². The van der Waals surface area contributed by atoms with Crippen LogP contribution in [0, 0.1) is 11.3 Å². The number of hydrogen-bond acceptors (Lipinski definition) is 4. The second kappa shape index (κ2) is 6.24. The topological polar surface area (TPSA) is 84.6 Å². The van der Waals surface area contributed by atoms with E-state index in [-0.39, 0.29) is 18.7 Å². The summed E-state index contributed by atoms with van der Waals surface area (Å²) in [6.45, 7) is 0.208. The van der Waals surface area contributed by atoms with E-state index in [0.717, 1.165) is 0 Å². The highest BCUT2D eigenvalue weighted by atomic mass is 35.5. The highest BCUT2D eigenvalue weighted by Gasteiger charge is 2.20. The Morgan fingerprint density at radius 1 is 1.61 bits per heavy atom. The molecule has 18 heavy (non-hydrogen) atoms. The summed E-state index contributed by atoms with van der Waals surface area (Å²) in [6, 6.07) is 5.72. The van der Waals surface area contributed by atoms with Crippen molar-refractivity contribution in [3.05, 3.63) is 28.8 Å². The van der Waals surface area contributed by atoms with Gasteiger partial charge >= 0.3 is 5.97 Å². The Labute approximate surface area is 110 Å². The van der Waals surface area contributed by atoms with Crippen molar-refractivity contribution in [2.24, 2.45) is 0 Å². The predicted molar refractivity (Wildman–Crippen MR) is 66.4 cm³/mol. The number of nitrogens with zero attached hydrogens (tertiary/aromatic N) is 2. The molecule has 5 nitrogen and oxygen atoms in total. The quantitative estimate of drug-likeness (QED) is 0.853. The number of carboxylic acid groups (broad SMARTS) is 1. The molecule has 0 saturated carbocycles. The summed E-state index contributed by atoms with van der Waals surface area (Å²) in [4.78, 5) is 12.0. The zero-order chi connectivity index (χ0) is 13.7. The summed E-state index contributed by atoms with van der Waals surface area (Å²) in [5.74, 6) is -0.970. The van der Waals surface area contributed by atoms with Crippen molar-refractivity contribution < 1.29 is 15.0 Å². The second-order valence-corrected chi connectivity index (χ2v) is 4.30. The van der Waals surface area contributed by atoms with E-state index in [2.05, 4.69) is 0 Å². The molecule has 2 N–H and O–H groups in total. The van der Waals surface area contributed by atoms with E-state index >= 15 is 0 Å². The summed E-state index contributed by atoms with van der Waals surface area (Å²) < 4.78 is 0. The van der Waals surface area contributed by atoms with Crippen LogP contribution in [-0.4, -0.2) is 34.7 Å². The molecule has 0 amide bonds. The number of phenolic OH excluding ortho intramolecular Hbond substituents is 1. The normalized spacial score (nSPS) is 12.1. The van der Waals surface area contributed by atoms with E-state index < -0.39 is 12.0 Å². The monoisotopic (exact) mass is 268 g/mol. The van der Waals surface area contributed by atoms with Gasteiger partial charge in [0.05, 0.1) is 12.5 Å². The van der Waals surface area contributed by atoms with E-state index in [1.165, 1.54) is 18.2 Å². The molecule has 6 heteroatoms. The van der Waals surface area contributed by atoms with Crippen molar-refractivity contribution in [2.45, 2.75) is 12.5 Å². The van der Waals surface area contributed by atoms with Gasteiger partial charge in [0.1, 0.15) is 11.8 Å². The summed E-state index contributed by atoms with van der Waals surface area (Å²) in [7, 11) is 1.62. The van der Waals surface area contributed by atoms with Crippen LogP contribution in [0.25, 0.3) is 0 Å². The van der Waals surface area contributed by atoms with Crippen molar-refractivity contribution in [1.82, 2.24) is 4.90 Å². The predicted octanol–water partition coefficient (Wildman–Crippen LogP) is 2.02. The number of carboxylic acids is 1. The van der Waals surface area contributed by atoms with E-state index in [4.69, 9.17) is 22.0 Å². The third-order valence-corrected chi connectivity index (χ3v) is 2.76. The highest BCUT2D eigenvalue weighted by Crippen LogP contribution is 2.30. The number of rotatable bonds is 5. The van der Waals surface area contributed by atoms with Gasteiger partial charge in [-0.2, -0.15) is 5.26 Å². The maximum Gasteiger partial charge on any atom is 0.304 e. The number of hydrogen-bond donors (Lipinski definition) is 2. The minimum absolute atomic E-state index is 0.0341. The fourth-order valence-electron chi connectivity index (χ4n) is 1.55. The van der Waals surface area contributed by atoms with Gasteiger partial charge in [0.25, 0.3) is 0 Å².